The minimum absolute atomic E-state index is 0.0231. The fourth-order valence-electron chi connectivity index (χ4n) is 1.41. The summed E-state index contributed by atoms with van der Waals surface area (Å²) in [5.74, 6) is 0. The molecule has 1 aromatic heterocycles. The van der Waals surface area contributed by atoms with Crippen LogP contribution in [0.5, 0.6) is 0 Å². The topological polar surface area (TPSA) is 25.8 Å². The highest BCUT2D eigenvalue weighted by molar-refractivity contribution is 6.28. The van der Waals surface area contributed by atoms with Gasteiger partial charge in [-0.15, -0.1) is 0 Å². The van der Waals surface area contributed by atoms with E-state index in [2.05, 4.69) is 9.97 Å². The largest absolute Gasteiger partial charge is 0.399 e. The van der Waals surface area contributed by atoms with E-state index in [1.54, 1.807) is 0 Å². The van der Waals surface area contributed by atoms with Crippen molar-refractivity contribution in [2.24, 2.45) is 0 Å². The smallest absolute Gasteiger partial charge is 0.227 e. The molecule has 1 heterocycles. The van der Waals surface area contributed by atoms with E-state index in [1.807, 2.05) is 0 Å². The molecule has 1 aliphatic carbocycles. The number of halogens is 4. The molecule has 76 valence electrons. The van der Waals surface area contributed by atoms with Crippen LogP contribution in [-0.2, 0) is 5.41 Å². The summed E-state index contributed by atoms with van der Waals surface area (Å²) >= 11 is 5.44. The van der Waals surface area contributed by atoms with Gasteiger partial charge in [0.1, 0.15) is 5.41 Å². The van der Waals surface area contributed by atoms with Crippen molar-refractivity contribution in [1.29, 1.82) is 0 Å². The summed E-state index contributed by atoms with van der Waals surface area (Å²) in [5, 5.41) is -0.141. The van der Waals surface area contributed by atoms with Crippen LogP contribution in [0.3, 0.4) is 0 Å². The second kappa shape index (κ2) is 2.82. The Kier molecular flexibility index (Phi) is 1.96. The highest BCUT2D eigenvalue weighted by atomic mass is 35.5. The predicted molar refractivity (Wildman–Crippen MR) is 44.0 cm³/mol. The third-order valence-corrected chi connectivity index (χ3v) is 2.59. The minimum atomic E-state index is -4.25. The Morgan fingerprint density at radius 1 is 1.36 bits per heavy atom. The van der Waals surface area contributed by atoms with E-state index in [-0.39, 0.29) is 23.8 Å². The van der Waals surface area contributed by atoms with E-state index >= 15 is 0 Å². The van der Waals surface area contributed by atoms with E-state index in [0.29, 0.717) is 0 Å². The van der Waals surface area contributed by atoms with Gasteiger partial charge < -0.3 is 0 Å². The third kappa shape index (κ3) is 1.35. The summed E-state index contributed by atoms with van der Waals surface area (Å²) < 4.78 is 37.8. The molecule has 0 saturated heterocycles. The van der Waals surface area contributed by atoms with Crippen molar-refractivity contribution in [3.05, 3.63) is 23.2 Å². The quantitative estimate of drug-likeness (QED) is 0.683. The van der Waals surface area contributed by atoms with E-state index in [9.17, 15) is 13.2 Å². The third-order valence-electron chi connectivity index (χ3n) is 2.41. The average molecular weight is 223 g/mol. The van der Waals surface area contributed by atoms with Gasteiger partial charge in [0.25, 0.3) is 0 Å². The summed E-state index contributed by atoms with van der Waals surface area (Å²) in [7, 11) is 0. The average Bonchev–Trinajstić information content (AvgIpc) is 2.82. The van der Waals surface area contributed by atoms with Gasteiger partial charge in [-0.1, -0.05) is 0 Å². The van der Waals surface area contributed by atoms with Gasteiger partial charge in [0, 0.05) is 6.20 Å². The number of nitrogens with zero attached hydrogens (tertiary/aromatic N) is 2. The van der Waals surface area contributed by atoms with Crippen molar-refractivity contribution in [1.82, 2.24) is 9.97 Å². The zero-order chi connectivity index (χ0) is 10.4. The van der Waals surface area contributed by atoms with Crippen molar-refractivity contribution >= 4 is 11.6 Å². The highest BCUT2D eigenvalue weighted by Crippen LogP contribution is 2.58. The van der Waals surface area contributed by atoms with Crippen LogP contribution in [0.4, 0.5) is 13.2 Å². The van der Waals surface area contributed by atoms with Crippen LogP contribution in [-0.4, -0.2) is 16.1 Å². The van der Waals surface area contributed by atoms with Gasteiger partial charge in [-0.25, -0.2) is 9.97 Å². The number of hydrogen-bond acceptors (Lipinski definition) is 2. The molecule has 1 saturated carbocycles. The van der Waals surface area contributed by atoms with E-state index in [4.69, 9.17) is 11.6 Å². The van der Waals surface area contributed by atoms with Gasteiger partial charge in [-0.3, -0.25) is 0 Å². The van der Waals surface area contributed by atoms with Crippen LogP contribution in [0.25, 0.3) is 0 Å². The van der Waals surface area contributed by atoms with E-state index < -0.39 is 11.6 Å². The Morgan fingerprint density at radius 2 is 2.00 bits per heavy atom. The highest BCUT2D eigenvalue weighted by Gasteiger charge is 2.65. The lowest BCUT2D eigenvalue weighted by molar-refractivity contribution is -0.161. The first-order chi connectivity index (χ1) is 6.46. The fourth-order valence-corrected chi connectivity index (χ4v) is 1.56. The zero-order valence-corrected chi connectivity index (χ0v) is 7.73. The van der Waals surface area contributed by atoms with Crippen molar-refractivity contribution in [2.45, 2.75) is 24.4 Å². The van der Waals surface area contributed by atoms with Crippen molar-refractivity contribution in [2.75, 3.05) is 0 Å². The molecule has 1 aromatic rings. The summed E-state index contributed by atoms with van der Waals surface area (Å²) in [5.41, 5.74) is -1.79. The van der Waals surface area contributed by atoms with Gasteiger partial charge in [-0.05, 0) is 30.5 Å². The van der Waals surface area contributed by atoms with Crippen LogP contribution in [0.15, 0.2) is 12.3 Å². The molecule has 14 heavy (non-hydrogen) atoms. The number of rotatable bonds is 1. The molecule has 0 aromatic carbocycles. The molecule has 6 heteroatoms. The first-order valence-electron chi connectivity index (χ1n) is 4.01. The van der Waals surface area contributed by atoms with Gasteiger partial charge in [0.05, 0.1) is 5.69 Å². The molecule has 0 spiro atoms. The molecule has 2 rings (SSSR count). The maximum Gasteiger partial charge on any atom is 0.399 e. The molecule has 0 bridgehead atoms. The lowest BCUT2D eigenvalue weighted by Crippen LogP contribution is -2.29. The van der Waals surface area contributed by atoms with Gasteiger partial charge in [0.15, 0.2) is 0 Å². The van der Waals surface area contributed by atoms with Crippen molar-refractivity contribution in [3.8, 4) is 0 Å². The predicted octanol–water partition coefficient (Wildman–Crippen LogP) is 2.72. The monoisotopic (exact) mass is 222 g/mol. The summed E-state index contributed by atoms with van der Waals surface area (Å²) in [4.78, 5) is 7.16. The molecule has 0 unspecified atom stereocenters. The first kappa shape index (κ1) is 9.71. The second-order valence-electron chi connectivity index (χ2n) is 3.29. The number of alkyl halides is 3. The Bertz CT molecular complexity index is 360. The van der Waals surface area contributed by atoms with Gasteiger partial charge in [-0.2, -0.15) is 13.2 Å². The van der Waals surface area contributed by atoms with Crippen LogP contribution < -0.4 is 0 Å². The summed E-state index contributed by atoms with van der Waals surface area (Å²) in [6.45, 7) is 0. The molecule has 0 aliphatic heterocycles. The molecule has 0 atom stereocenters. The minimum Gasteiger partial charge on any atom is -0.227 e. The Hall–Kier alpha value is -0.840. The Morgan fingerprint density at radius 3 is 2.43 bits per heavy atom. The summed E-state index contributed by atoms with van der Waals surface area (Å²) in [6, 6.07) is 1.27. The van der Waals surface area contributed by atoms with Crippen LogP contribution in [0, 0.1) is 0 Å². The Labute approximate surface area is 83.1 Å². The molecule has 0 N–H and O–H groups in total. The molecule has 0 amide bonds. The van der Waals surface area contributed by atoms with Gasteiger partial charge >= 0.3 is 6.18 Å². The molecular formula is C8H6ClF3N2. The molecular weight excluding hydrogens is 217 g/mol. The van der Waals surface area contributed by atoms with Gasteiger partial charge in [0.2, 0.25) is 5.28 Å². The standard InChI is InChI=1S/C8H6ClF3N2/c9-6-13-4-1-5(14-6)7(2-3-7)8(10,11)12/h1,4H,2-3H2. The van der Waals surface area contributed by atoms with Crippen molar-refractivity contribution < 1.29 is 13.2 Å². The lowest BCUT2D eigenvalue weighted by atomic mass is 10.0. The fraction of sp³-hybridized carbons (Fsp3) is 0.500. The lowest BCUT2D eigenvalue weighted by Gasteiger charge is -2.17. The SMILES string of the molecule is FC(F)(F)C1(c2ccnc(Cl)n2)CC1. The van der Waals surface area contributed by atoms with E-state index in [1.165, 1.54) is 12.3 Å². The van der Waals surface area contributed by atoms with Crippen LogP contribution >= 0.6 is 11.6 Å². The maximum atomic E-state index is 12.6. The second-order valence-corrected chi connectivity index (χ2v) is 3.63. The van der Waals surface area contributed by atoms with Crippen molar-refractivity contribution in [3.63, 3.8) is 0 Å². The summed E-state index contributed by atoms with van der Waals surface area (Å²) in [6.07, 6.45) is -2.82. The molecule has 2 nitrogen and oxygen atoms in total. The van der Waals surface area contributed by atoms with Crippen LogP contribution in [0.1, 0.15) is 18.5 Å². The molecule has 1 fully saturated rings. The normalized spacial score (nSPS) is 19.4. The number of aromatic nitrogens is 2. The maximum absolute atomic E-state index is 12.6. The number of hydrogen-bond donors (Lipinski definition) is 0. The first-order valence-corrected chi connectivity index (χ1v) is 4.39. The molecule has 0 radical (unpaired) electrons. The van der Waals surface area contributed by atoms with Crippen LogP contribution in [0.2, 0.25) is 5.28 Å². The zero-order valence-electron chi connectivity index (χ0n) is 6.98. The van der Waals surface area contributed by atoms with E-state index in [0.717, 1.165) is 0 Å². The Balaban J connectivity index is 2.41. The molecule has 1 aliphatic rings.